The van der Waals surface area contributed by atoms with E-state index in [0.29, 0.717) is 22.3 Å². The van der Waals surface area contributed by atoms with Crippen LogP contribution in [0, 0.1) is 10.6 Å². The maximum atomic E-state index is 12.7. The molecule has 0 fully saturated rings. The van der Waals surface area contributed by atoms with Gasteiger partial charge in [0.1, 0.15) is 9.53 Å². The Balaban J connectivity index is 2.41. The minimum Gasteiger partial charge on any atom is -0.295 e. The number of pyridine rings is 1. The number of hydrogen-bond acceptors (Lipinski definition) is 4. The van der Waals surface area contributed by atoms with Crippen LogP contribution in [0.1, 0.15) is 22.8 Å². The normalized spacial score (nSPS) is 11.0. The summed E-state index contributed by atoms with van der Waals surface area (Å²) >= 11 is 2.12. The molecule has 0 unspecified atom stereocenters. The lowest BCUT2D eigenvalue weighted by Gasteiger charge is -2.11. The number of fused-ring (bicyclic) bond motifs is 1. The Morgan fingerprint density at radius 1 is 1.26 bits per heavy atom. The van der Waals surface area contributed by atoms with Crippen LogP contribution in [-0.2, 0) is 7.05 Å². The van der Waals surface area contributed by atoms with Gasteiger partial charge in [0.05, 0.1) is 10.9 Å². The van der Waals surface area contributed by atoms with E-state index in [-0.39, 0.29) is 11.3 Å². The summed E-state index contributed by atoms with van der Waals surface area (Å²) in [5, 5.41) is 0.458. The maximum absolute atomic E-state index is 12.7. The zero-order valence-electron chi connectivity index (χ0n) is 12.9. The Kier molecular flexibility index (Phi) is 4.01. The predicted molar refractivity (Wildman–Crippen MR) is 97.7 cm³/mol. The highest BCUT2D eigenvalue weighted by Crippen LogP contribution is 2.22. The number of rotatable bonds is 2. The molecule has 116 valence electrons. The zero-order valence-corrected chi connectivity index (χ0v) is 15.1. The van der Waals surface area contributed by atoms with Crippen LogP contribution in [0.15, 0.2) is 35.3 Å². The highest BCUT2D eigenvalue weighted by Gasteiger charge is 2.15. The number of Topliss-reactive ketones (excluding diaryl/α,β-unsaturated/α-hetero) is 1. The molecule has 2 heterocycles. The van der Waals surface area contributed by atoms with Gasteiger partial charge in [-0.3, -0.25) is 14.2 Å². The number of halogens is 1. The third-order valence-electron chi connectivity index (χ3n) is 3.69. The van der Waals surface area contributed by atoms with Crippen molar-refractivity contribution < 1.29 is 4.79 Å². The molecule has 0 aliphatic carbocycles. The van der Waals surface area contributed by atoms with Gasteiger partial charge < -0.3 is 0 Å². The van der Waals surface area contributed by atoms with Crippen molar-refractivity contribution in [1.29, 1.82) is 0 Å². The number of nitrogens with zero attached hydrogens (tertiary/aromatic N) is 3. The summed E-state index contributed by atoms with van der Waals surface area (Å²) in [7, 11) is 1.68. The fraction of sp³-hybridized carbons (Fsp3) is 0.176. The second kappa shape index (κ2) is 5.84. The average Bonchev–Trinajstić information content (AvgIpc) is 2.51. The molecule has 0 radical (unpaired) electrons. The molecule has 0 amide bonds. The Bertz CT molecular complexity index is 991. The first kappa shape index (κ1) is 15.8. The number of carbonyl (C=O) groups is 1. The number of aromatic nitrogens is 3. The highest BCUT2D eigenvalue weighted by atomic mass is 127. The lowest BCUT2D eigenvalue weighted by molar-refractivity contribution is 0.101. The fourth-order valence-electron chi connectivity index (χ4n) is 2.55. The van der Waals surface area contributed by atoms with Gasteiger partial charge in [-0.2, -0.15) is 0 Å². The fourth-order valence-corrected chi connectivity index (χ4v) is 2.87. The predicted octanol–water partition coefficient (Wildman–Crippen LogP) is 3.11. The number of ketones is 1. The van der Waals surface area contributed by atoms with Crippen LogP contribution in [0.4, 0.5) is 0 Å². The topological polar surface area (TPSA) is 64.8 Å². The molecular weight excluding hydrogens is 405 g/mol. The molecule has 1 aromatic carbocycles. The quantitative estimate of drug-likeness (QED) is 0.364. The Morgan fingerprint density at radius 3 is 2.61 bits per heavy atom. The van der Waals surface area contributed by atoms with Crippen LogP contribution in [0.25, 0.3) is 22.3 Å². The summed E-state index contributed by atoms with van der Waals surface area (Å²) < 4.78 is 2.35. The molecule has 0 spiro atoms. The van der Waals surface area contributed by atoms with E-state index in [1.165, 1.54) is 11.5 Å². The van der Waals surface area contributed by atoms with E-state index in [9.17, 15) is 9.59 Å². The Hall–Kier alpha value is -2.09. The molecule has 0 aliphatic rings. The number of hydrogen-bond donors (Lipinski definition) is 0. The van der Waals surface area contributed by atoms with Crippen LogP contribution >= 0.6 is 22.6 Å². The van der Waals surface area contributed by atoms with Gasteiger partial charge in [0, 0.05) is 24.4 Å². The van der Waals surface area contributed by atoms with E-state index in [2.05, 4.69) is 32.6 Å². The summed E-state index contributed by atoms with van der Waals surface area (Å²) in [5.41, 5.74) is 2.35. The second-order valence-electron chi connectivity index (χ2n) is 5.43. The minimum absolute atomic E-state index is 0.105. The summed E-state index contributed by atoms with van der Waals surface area (Å²) in [6.45, 7) is 3.35. The van der Waals surface area contributed by atoms with Gasteiger partial charge in [0.15, 0.2) is 5.78 Å². The Labute approximate surface area is 146 Å². The third-order valence-corrected chi connectivity index (χ3v) is 4.33. The SMILES string of the molecule is CC(=O)c1cc(C)cc2c(=O)n(C)c(-c3ccc(I)nc3)nc12. The van der Waals surface area contributed by atoms with E-state index in [1.807, 2.05) is 19.1 Å². The van der Waals surface area contributed by atoms with Gasteiger partial charge in [-0.1, -0.05) is 0 Å². The van der Waals surface area contributed by atoms with Crippen molar-refractivity contribution in [1.82, 2.24) is 14.5 Å². The number of aryl methyl sites for hydroxylation is 1. The van der Waals surface area contributed by atoms with Crippen molar-refractivity contribution in [2.24, 2.45) is 7.05 Å². The van der Waals surface area contributed by atoms with Crippen molar-refractivity contribution in [3.63, 3.8) is 0 Å². The maximum Gasteiger partial charge on any atom is 0.261 e. The molecule has 0 N–H and O–H groups in total. The lowest BCUT2D eigenvalue weighted by Crippen LogP contribution is -2.21. The summed E-state index contributed by atoms with van der Waals surface area (Å²) in [4.78, 5) is 33.5. The molecule has 23 heavy (non-hydrogen) atoms. The van der Waals surface area contributed by atoms with Crippen LogP contribution in [0.5, 0.6) is 0 Å². The zero-order chi connectivity index (χ0) is 16.7. The molecule has 5 nitrogen and oxygen atoms in total. The van der Waals surface area contributed by atoms with E-state index >= 15 is 0 Å². The van der Waals surface area contributed by atoms with Crippen molar-refractivity contribution in [2.45, 2.75) is 13.8 Å². The van der Waals surface area contributed by atoms with Crippen LogP contribution in [0.3, 0.4) is 0 Å². The monoisotopic (exact) mass is 419 g/mol. The van der Waals surface area contributed by atoms with Gasteiger partial charge >= 0.3 is 0 Å². The van der Waals surface area contributed by atoms with E-state index in [1.54, 1.807) is 25.4 Å². The van der Waals surface area contributed by atoms with Crippen molar-refractivity contribution in [3.8, 4) is 11.4 Å². The first-order valence-electron chi connectivity index (χ1n) is 7.02. The van der Waals surface area contributed by atoms with Crippen molar-refractivity contribution >= 4 is 39.3 Å². The summed E-state index contributed by atoms with van der Waals surface area (Å²) in [6, 6.07) is 7.26. The van der Waals surface area contributed by atoms with Crippen molar-refractivity contribution in [2.75, 3.05) is 0 Å². The third kappa shape index (κ3) is 2.78. The summed E-state index contributed by atoms with van der Waals surface area (Å²) in [5.74, 6) is 0.392. The molecule has 6 heteroatoms. The van der Waals surface area contributed by atoms with Gasteiger partial charge in [-0.15, -0.1) is 0 Å². The van der Waals surface area contributed by atoms with Crippen LogP contribution in [-0.4, -0.2) is 20.3 Å². The second-order valence-corrected chi connectivity index (χ2v) is 6.54. The lowest BCUT2D eigenvalue weighted by atomic mass is 10.0. The van der Waals surface area contributed by atoms with E-state index in [0.717, 1.165) is 14.8 Å². The molecule has 0 saturated heterocycles. The Morgan fingerprint density at radius 2 is 2.00 bits per heavy atom. The van der Waals surface area contributed by atoms with Gasteiger partial charge in [0.2, 0.25) is 0 Å². The minimum atomic E-state index is -0.172. The van der Waals surface area contributed by atoms with Gasteiger partial charge in [-0.25, -0.2) is 9.97 Å². The number of benzene rings is 1. The largest absolute Gasteiger partial charge is 0.295 e. The van der Waals surface area contributed by atoms with Crippen LogP contribution < -0.4 is 5.56 Å². The highest BCUT2D eigenvalue weighted by molar-refractivity contribution is 14.1. The van der Waals surface area contributed by atoms with Gasteiger partial charge in [0.25, 0.3) is 5.56 Å². The summed E-state index contributed by atoms with van der Waals surface area (Å²) in [6.07, 6.45) is 1.68. The first-order valence-corrected chi connectivity index (χ1v) is 8.10. The molecule has 0 saturated carbocycles. The van der Waals surface area contributed by atoms with E-state index in [4.69, 9.17) is 0 Å². The van der Waals surface area contributed by atoms with Crippen LogP contribution in [0.2, 0.25) is 0 Å². The molecular formula is C17H14IN3O2. The molecule has 3 rings (SSSR count). The van der Waals surface area contributed by atoms with Crippen molar-refractivity contribution in [3.05, 3.63) is 55.6 Å². The molecule has 2 aromatic heterocycles. The van der Waals surface area contributed by atoms with E-state index < -0.39 is 0 Å². The molecule has 0 bridgehead atoms. The molecule has 0 atom stereocenters. The average molecular weight is 419 g/mol. The first-order chi connectivity index (χ1) is 10.9. The molecule has 0 aliphatic heterocycles. The number of carbonyl (C=O) groups excluding carboxylic acids is 1. The molecule has 3 aromatic rings. The smallest absolute Gasteiger partial charge is 0.261 e. The van der Waals surface area contributed by atoms with Gasteiger partial charge in [-0.05, 0) is 66.3 Å². The standard InChI is InChI=1S/C17H14IN3O2/c1-9-6-12(10(2)22)15-13(7-9)17(23)21(3)16(20-15)11-4-5-14(18)19-8-11/h4-8H,1-3H3.